The van der Waals surface area contributed by atoms with E-state index in [9.17, 15) is 31.5 Å². The van der Waals surface area contributed by atoms with E-state index in [0.29, 0.717) is 11.4 Å². The Balaban J connectivity index is 1.29. The van der Waals surface area contributed by atoms with Crippen LogP contribution in [0.2, 0.25) is 0 Å². The number of nitrogens with zero attached hydrogens (tertiary/aromatic N) is 3. The van der Waals surface area contributed by atoms with E-state index in [0.717, 1.165) is 6.07 Å². The normalized spacial score (nSPS) is 15.2. The van der Waals surface area contributed by atoms with Gasteiger partial charge in [0.2, 0.25) is 5.91 Å². The summed E-state index contributed by atoms with van der Waals surface area (Å²) >= 11 is 0. The van der Waals surface area contributed by atoms with Crippen LogP contribution >= 0.6 is 0 Å². The van der Waals surface area contributed by atoms with Gasteiger partial charge in [0.25, 0.3) is 11.8 Å². The van der Waals surface area contributed by atoms with Crippen molar-refractivity contribution in [3.63, 3.8) is 0 Å². The van der Waals surface area contributed by atoms with Gasteiger partial charge < -0.3 is 20.4 Å². The summed E-state index contributed by atoms with van der Waals surface area (Å²) in [5.41, 5.74) is 5.35. The first kappa shape index (κ1) is 29.7. The number of alkyl halides is 5. The summed E-state index contributed by atoms with van der Waals surface area (Å²) in [5, 5.41) is 2.84. The molecule has 3 aromatic heterocycles. The lowest BCUT2D eigenvalue weighted by molar-refractivity contribution is -0.136. The fourth-order valence-electron chi connectivity index (χ4n) is 4.65. The Bertz CT molecular complexity index is 1650. The number of pyridine rings is 2. The molecule has 0 spiro atoms. The summed E-state index contributed by atoms with van der Waals surface area (Å²) in [7, 11) is 0. The summed E-state index contributed by atoms with van der Waals surface area (Å²) in [6, 6.07) is 10.0. The van der Waals surface area contributed by atoms with Crippen LogP contribution in [0.3, 0.4) is 0 Å². The molecule has 5 rings (SSSR count). The number of aromatic nitrogens is 2. The molecule has 1 fully saturated rings. The van der Waals surface area contributed by atoms with Crippen LogP contribution in [0.5, 0.6) is 0 Å². The number of anilines is 1. The van der Waals surface area contributed by atoms with Crippen LogP contribution in [0.4, 0.5) is 27.8 Å². The number of nitrogens with one attached hydrogen (secondary N) is 1. The molecular formula is C30H26F5N5O3. The van der Waals surface area contributed by atoms with Crippen molar-refractivity contribution in [1.29, 1.82) is 0 Å². The SMILES string of the molecule is Nc1ccc(C=CC(=O)NCCc2cc3cc(-c4ccc(C(=O)N5CCC(F)(F)CC5)cn4)cc(C(F)(F)F)c3o2)cn1. The molecule has 0 unspecified atom stereocenters. The largest absolute Gasteiger partial charge is 0.460 e. The van der Waals surface area contributed by atoms with Crippen LogP contribution in [0, 0.1) is 0 Å². The Morgan fingerprint density at radius 1 is 1.05 bits per heavy atom. The van der Waals surface area contributed by atoms with Crippen LogP contribution in [0.15, 0.2) is 65.4 Å². The van der Waals surface area contributed by atoms with Gasteiger partial charge in [0.15, 0.2) is 0 Å². The zero-order valence-corrected chi connectivity index (χ0v) is 22.6. The Morgan fingerprint density at radius 2 is 1.81 bits per heavy atom. The van der Waals surface area contributed by atoms with Gasteiger partial charge in [-0.2, -0.15) is 13.2 Å². The van der Waals surface area contributed by atoms with Crippen molar-refractivity contribution >= 4 is 34.7 Å². The van der Waals surface area contributed by atoms with Gasteiger partial charge in [-0.3, -0.25) is 14.6 Å². The van der Waals surface area contributed by atoms with Crippen LogP contribution < -0.4 is 11.1 Å². The minimum atomic E-state index is -4.73. The maximum absolute atomic E-state index is 14.0. The first-order valence-corrected chi connectivity index (χ1v) is 13.3. The molecule has 8 nitrogen and oxygen atoms in total. The molecule has 0 bridgehead atoms. The molecule has 2 amide bonds. The number of rotatable bonds is 7. The Hall–Kier alpha value is -4.81. The van der Waals surface area contributed by atoms with Gasteiger partial charge >= 0.3 is 6.18 Å². The highest BCUT2D eigenvalue weighted by molar-refractivity contribution is 5.94. The van der Waals surface area contributed by atoms with Gasteiger partial charge in [-0.1, -0.05) is 0 Å². The highest BCUT2D eigenvalue weighted by Gasteiger charge is 2.36. The van der Waals surface area contributed by atoms with Crippen molar-refractivity contribution in [3.8, 4) is 11.3 Å². The highest BCUT2D eigenvalue weighted by Crippen LogP contribution is 2.39. The Labute approximate surface area is 242 Å². The van der Waals surface area contributed by atoms with Gasteiger partial charge in [-0.05, 0) is 54.1 Å². The number of carbonyl (C=O) groups is 2. The molecule has 1 saturated heterocycles. The topological polar surface area (TPSA) is 114 Å². The van der Waals surface area contributed by atoms with E-state index in [-0.39, 0.29) is 59.6 Å². The summed E-state index contributed by atoms with van der Waals surface area (Å²) < 4.78 is 74.4. The smallest absolute Gasteiger partial charge is 0.420 e. The predicted molar refractivity (Wildman–Crippen MR) is 149 cm³/mol. The third kappa shape index (κ3) is 7.16. The second-order valence-electron chi connectivity index (χ2n) is 10.1. The number of nitrogens with two attached hydrogens (primary N) is 1. The first-order valence-electron chi connectivity index (χ1n) is 13.3. The maximum Gasteiger partial charge on any atom is 0.420 e. The lowest BCUT2D eigenvalue weighted by atomic mass is 10.0. The molecule has 1 aliphatic heterocycles. The summed E-state index contributed by atoms with van der Waals surface area (Å²) in [5.74, 6) is -3.09. The fourth-order valence-corrected chi connectivity index (χ4v) is 4.65. The van der Waals surface area contributed by atoms with Crippen molar-refractivity contribution in [1.82, 2.24) is 20.2 Å². The van der Waals surface area contributed by atoms with Gasteiger partial charge in [-0.25, -0.2) is 13.8 Å². The van der Waals surface area contributed by atoms with E-state index in [1.54, 1.807) is 18.2 Å². The van der Waals surface area contributed by atoms with Crippen molar-refractivity contribution in [2.75, 3.05) is 25.4 Å². The van der Waals surface area contributed by atoms with Gasteiger partial charge in [0, 0.05) is 68.3 Å². The Kier molecular flexibility index (Phi) is 8.16. The minimum Gasteiger partial charge on any atom is -0.460 e. The second kappa shape index (κ2) is 11.8. The number of nitrogen functional groups attached to an aromatic ring is 1. The average molecular weight is 600 g/mol. The third-order valence-electron chi connectivity index (χ3n) is 6.97. The molecule has 3 N–H and O–H groups in total. The number of fused-ring (bicyclic) bond motifs is 1. The van der Waals surface area contributed by atoms with E-state index >= 15 is 0 Å². The lowest BCUT2D eigenvalue weighted by Crippen LogP contribution is -2.42. The van der Waals surface area contributed by atoms with Crippen LogP contribution in [0.1, 0.15) is 40.1 Å². The van der Waals surface area contributed by atoms with Crippen molar-refractivity contribution < 1.29 is 36.0 Å². The molecule has 0 aliphatic carbocycles. The number of halogens is 5. The number of carbonyl (C=O) groups excluding carboxylic acids is 2. The molecule has 4 heterocycles. The standard InChI is InChI=1S/C30H26F5N5O3/c31-29(32)8-11-40(12-9-29)28(42)19-3-4-24(38-17-19)20-13-21-14-22(43-27(21)23(15-20)30(33,34)35)7-10-37-26(41)6-2-18-1-5-25(36)39-16-18/h1-6,13-17H,7-12H2,(H2,36,39)(H,37,41). The highest BCUT2D eigenvalue weighted by atomic mass is 19.4. The fraction of sp³-hybridized carbons (Fsp3) is 0.267. The van der Waals surface area contributed by atoms with E-state index in [4.69, 9.17) is 10.2 Å². The predicted octanol–water partition coefficient (Wildman–Crippen LogP) is 5.73. The van der Waals surface area contributed by atoms with Crippen molar-refractivity contribution in [3.05, 3.63) is 83.4 Å². The number of amides is 2. The monoisotopic (exact) mass is 599 g/mol. The maximum atomic E-state index is 14.0. The molecule has 43 heavy (non-hydrogen) atoms. The van der Waals surface area contributed by atoms with Gasteiger partial charge in [0.05, 0.1) is 16.8 Å². The van der Waals surface area contributed by atoms with Crippen molar-refractivity contribution in [2.45, 2.75) is 31.4 Å². The number of piperidine rings is 1. The molecule has 1 aliphatic rings. The van der Waals surface area contributed by atoms with E-state index in [1.807, 2.05) is 0 Å². The quantitative estimate of drug-likeness (QED) is 0.207. The molecule has 1 aromatic carbocycles. The number of likely N-dealkylation sites (tertiary alicyclic amines) is 1. The Morgan fingerprint density at radius 3 is 2.47 bits per heavy atom. The second-order valence-corrected chi connectivity index (χ2v) is 10.1. The van der Waals surface area contributed by atoms with Crippen LogP contribution in [-0.4, -0.2) is 52.2 Å². The van der Waals surface area contributed by atoms with E-state index in [2.05, 4.69) is 15.3 Å². The molecule has 4 aromatic rings. The molecule has 224 valence electrons. The summed E-state index contributed by atoms with van der Waals surface area (Å²) in [4.78, 5) is 34.3. The zero-order valence-electron chi connectivity index (χ0n) is 22.6. The molecule has 0 atom stereocenters. The van der Waals surface area contributed by atoms with Gasteiger partial charge in [-0.15, -0.1) is 0 Å². The number of hydrogen-bond acceptors (Lipinski definition) is 6. The molecule has 0 saturated carbocycles. The van der Waals surface area contributed by atoms with E-state index < -0.39 is 42.3 Å². The number of hydrogen-bond donors (Lipinski definition) is 2. The molecule has 13 heteroatoms. The van der Waals surface area contributed by atoms with Gasteiger partial charge in [0.1, 0.15) is 17.2 Å². The van der Waals surface area contributed by atoms with Crippen LogP contribution in [0.25, 0.3) is 28.3 Å². The van der Waals surface area contributed by atoms with Crippen LogP contribution in [-0.2, 0) is 17.4 Å². The minimum absolute atomic E-state index is 0.0935. The lowest BCUT2D eigenvalue weighted by Gasteiger charge is -2.31. The average Bonchev–Trinajstić information content (AvgIpc) is 3.38. The third-order valence-corrected chi connectivity index (χ3v) is 6.97. The number of furan rings is 1. The number of benzene rings is 1. The molecular weight excluding hydrogens is 573 g/mol. The summed E-state index contributed by atoms with van der Waals surface area (Å²) in [6.45, 7) is -0.0731. The zero-order chi connectivity index (χ0) is 30.8. The van der Waals surface area contributed by atoms with E-state index in [1.165, 1.54) is 47.6 Å². The molecule has 0 radical (unpaired) electrons. The van der Waals surface area contributed by atoms with Crippen molar-refractivity contribution in [2.24, 2.45) is 0 Å². The first-order chi connectivity index (χ1) is 20.4. The summed E-state index contributed by atoms with van der Waals surface area (Å²) in [6.07, 6.45) is 0.135.